The number of halogens is 4. The van der Waals surface area contributed by atoms with Crippen LogP contribution in [0.3, 0.4) is 0 Å². The van der Waals surface area contributed by atoms with Crippen LogP contribution in [0.4, 0.5) is 17.6 Å². The third-order valence-electron chi connectivity index (χ3n) is 1.33. The molecule has 0 N–H and O–H groups in total. The van der Waals surface area contributed by atoms with Crippen molar-refractivity contribution in [3.63, 3.8) is 0 Å². The SMILES string of the molecule is [CH2]CC(F)(F)CCCC(F)F. The lowest BCUT2D eigenvalue weighted by Gasteiger charge is -2.12. The van der Waals surface area contributed by atoms with Gasteiger partial charge in [-0.3, -0.25) is 0 Å². The summed E-state index contributed by atoms with van der Waals surface area (Å²) in [4.78, 5) is 0. The van der Waals surface area contributed by atoms with Gasteiger partial charge in [-0.1, -0.05) is 0 Å². The second-order valence-electron chi connectivity index (χ2n) is 2.39. The van der Waals surface area contributed by atoms with Gasteiger partial charge in [0.1, 0.15) is 0 Å². The van der Waals surface area contributed by atoms with Gasteiger partial charge < -0.3 is 0 Å². The summed E-state index contributed by atoms with van der Waals surface area (Å²) in [5, 5.41) is 0. The number of alkyl halides is 4. The Kier molecular flexibility index (Phi) is 4.45. The highest BCUT2D eigenvalue weighted by Gasteiger charge is 2.25. The Morgan fingerprint density at radius 3 is 2.18 bits per heavy atom. The van der Waals surface area contributed by atoms with Crippen LogP contribution in [0.2, 0.25) is 0 Å². The molecule has 0 aliphatic rings. The first-order chi connectivity index (χ1) is 4.98. The van der Waals surface area contributed by atoms with Gasteiger partial charge in [0.25, 0.3) is 0 Å². The second kappa shape index (κ2) is 4.57. The molecular weight excluding hydrogens is 160 g/mol. The summed E-state index contributed by atoms with van der Waals surface area (Å²) in [7, 11) is 0. The van der Waals surface area contributed by atoms with Gasteiger partial charge in [-0.25, -0.2) is 17.6 Å². The molecule has 0 rings (SSSR count). The van der Waals surface area contributed by atoms with E-state index in [0.29, 0.717) is 0 Å². The zero-order valence-electron chi connectivity index (χ0n) is 6.12. The number of hydrogen-bond donors (Lipinski definition) is 0. The van der Waals surface area contributed by atoms with E-state index in [9.17, 15) is 17.6 Å². The minimum Gasteiger partial charge on any atom is -0.211 e. The van der Waals surface area contributed by atoms with Crippen LogP contribution in [-0.2, 0) is 0 Å². The summed E-state index contributed by atoms with van der Waals surface area (Å²) in [5.74, 6) is -2.87. The molecule has 4 heteroatoms. The predicted molar refractivity (Wildman–Crippen MR) is 34.8 cm³/mol. The minimum absolute atomic E-state index is 0.139. The van der Waals surface area contributed by atoms with Gasteiger partial charge in [-0.2, -0.15) is 0 Å². The summed E-state index contributed by atoms with van der Waals surface area (Å²) in [6.45, 7) is 3.02. The van der Waals surface area contributed by atoms with Crippen molar-refractivity contribution in [1.82, 2.24) is 0 Å². The normalized spacial score (nSPS) is 12.5. The van der Waals surface area contributed by atoms with Gasteiger partial charge in [0.2, 0.25) is 12.3 Å². The lowest BCUT2D eigenvalue weighted by molar-refractivity contribution is -0.0113. The molecule has 0 aliphatic heterocycles. The minimum atomic E-state index is -2.87. The molecule has 0 nitrogen and oxygen atoms in total. The molecule has 0 bridgehead atoms. The molecule has 0 fully saturated rings. The monoisotopic (exact) mass is 171 g/mol. The highest BCUT2D eigenvalue weighted by atomic mass is 19.3. The first-order valence-corrected chi connectivity index (χ1v) is 3.43. The largest absolute Gasteiger partial charge is 0.248 e. The first-order valence-electron chi connectivity index (χ1n) is 3.43. The molecule has 67 valence electrons. The average molecular weight is 171 g/mol. The maximum atomic E-state index is 12.3. The summed E-state index contributed by atoms with van der Waals surface area (Å²) in [5.41, 5.74) is 0. The molecule has 0 saturated heterocycles. The van der Waals surface area contributed by atoms with E-state index in [0.717, 1.165) is 0 Å². The predicted octanol–water partition coefficient (Wildman–Crippen LogP) is 3.28. The third-order valence-corrected chi connectivity index (χ3v) is 1.33. The van der Waals surface area contributed by atoms with Crippen LogP contribution >= 0.6 is 0 Å². The van der Waals surface area contributed by atoms with Gasteiger partial charge >= 0.3 is 0 Å². The van der Waals surface area contributed by atoms with E-state index in [1.54, 1.807) is 0 Å². The van der Waals surface area contributed by atoms with Gasteiger partial charge in [-0.15, -0.1) is 0 Å². The summed E-state index contributed by atoms with van der Waals surface area (Å²) < 4.78 is 47.5. The Balaban J connectivity index is 3.38. The molecule has 0 unspecified atom stereocenters. The standard InChI is InChI=1S/C7H11F4/c1-2-7(10,11)5-3-4-6(8)9/h6H,1-5H2. The van der Waals surface area contributed by atoms with E-state index in [4.69, 9.17) is 0 Å². The molecule has 0 heterocycles. The molecule has 0 atom stereocenters. The van der Waals surface area contributed by atoms with E-state index in [2.05, 4.69) is 6.92 Å². The van der Waals surface area contributed by atoms with E-state index >= 15 is 0 Å². The van der Waals surface area contributed by atoms with Crippen molar-refractivity contribution >= 4 is 0 Å². The maximum Gasteiger partial charge on any atom is 0.248 e. The maximum absolute atomic E-state index is 12.3. The van der Waals surface area contributed by atoms with Crippen molar-refractivity contribution in [2.75, 3.05) is 0 Å². The Morgan fingerprint density at radius 1 is 1.27 bits per heavy atom. The van der Waals surface area contributed by atoms with E-state index in [1.807, 2.05) is 0 Å². The Bertz CT molecular complexity index is 101. The zero-order valence-corrected chi connectivity index (χ0v) is 6.12. The molecule has 1 radical (unpaired) electrons. The fourth-order valence-corrected chi connectivity index (χ4v) is 0.640. The molecule has 11 heavy (non-hydrogen) atoms. The van der Waals surface area contributed by atoms with Crippen molar-refractivity contribution < 1.29 is 17.6 Å². The molecule has 0 aromatic heterocycles. The van der Waals surface area contributed by atoms with E-state index in [1.165, 1.54) is 0 Å². The summed E-state index contributed by atoms with van der Waals surface area (Å²) >= 11 is 0. The summed E-state index contributed by atoms with van der Waals surface area (Å²) in [6.07, 6.45) is -4.07. The second-order valence-corrected chi connectivity index (χ2v) is 2.39. The fourth-order valence-electron chi connectivity index (χ4n) is 0.640. The van der Waals surface area contributed by atoms with Crippen LogP contribution in [0.5, 0.6) is 0 Å². The van der Waals surface area contributed by atoms with Crippen LogP contribution < -0.4 is 0 Å². The fraction of sp³-hybridized carbons (Fsp3) is 0.857. The smallest absolute Gasteiger partial charge is 0.211 e. The van der Waals surface area contributed by atoms with Crippen molar-refractivity contribution in [2.45, 2.75) is 38.0 Å². The van der Waals surface area contributed by atoms with Crippen LogP contribution in [-0.4, -0.2) is 12.3 Å². The van der Waals surface area contributed by atoms with Crippen molar-refractivity contribution in [3.05, 3.63) is 6.92 Å². The van der Waals surface area contributed by atoms with Crippen LogP contribution in [0, 0.1) is 6.92 Å². The quantitative estimate of drug-likeness (QED) is 0.557. The summed E-state index contributed by atoms with van der Waals surface area (Å²) in [6, 6.07) is 0. The Labute approximate surface area is 63.6 Å². The molecule has 0 spiro atoms. The zero-order chi connectivity index (χ0) is 8.91. The van der Waals surface area contributed by atoms with Crippen LogP contribution in [0.25, 0.3) is 0 Å². The van der Waals surface area contributed by atoms with Gasteiger partial charge in [0.05, 0.1) is 0 Å². The van der Waals surface area contributed by atoms with Gasteiger partial charge in [-0.05, 0) is 13.3 Å². The Morgan fingerprint density at radius 2 is 1.82 bits per heavy atom. The average Bonchev–Trinajstić information content (AvgIpc) is 1.87. The van der Waals surface area contributed by atoms with E-state index in [-0.39, 0.29) is 6.42 Å². The molecule has 0 aromatic rings. The molecular formula is C7H11F4. The molecule has 0 amide bonds. The molecule has 0 aromatic carbocycles. The number of hydrogen-bond acceptors (Lipinski definition) is 0. The molecule has 0 aliphatic carbocycles. The third kappa shape index (κ3) is 6.13. The van der Waals surface area contributed by atoms with Crippen LogP contribution in [0.15, 0.2) is 0 Å². The lowest BCUT2D eigenvalue weighted by atomic mass is 10.1. The lowest BCUT2D eigenvalue weighted by Crippen LogP contribution is -2.14. The van der Waals surface area contributed by atoms with Gasteiger partial charge in [0, 0.05) is 19.3 Å². The first kappa shape index (κ1) is 10.7. The topological polar surface area (TPSA) is 0 Å². The highest BCUT2D eigenvalue weighted by molar-refractivity contribution is 4.67. The highest BCUT2D eigenvalue weighted by Crippen LogP contribution is 2.25. The van der Waals surface area contributed by atoms with Crippen LogP contribution in [0.1, 0.15) is 25.7 Å². The van der Waals surface area contributed by atoms with E-state index < -0.39 is 31.6 Å². The van der Waals surface area contributed by atoms with Crippen molar-refractivity contribution in [3.8, 4) is 0 Å². The molecule has 0 saturated carbocycles. The van der Waals surface area contributed by atoms with Gasteiger partial charge in [0.15, 0.2) is 0 Å². The van der Waals surface area contributed by atoms with Crippen molar-refractivity contribution in [2.24, 2.45) is 0 Å². The van der Waals surface area contributed by atoms with Crippen molar-refractivity contribution in [1.29, 1.82) is 0 Å². The number of rotatable bonds is 5. The Hall–Kier alpha value is -0.280.